The van der Waals surface area contributed by atoms with Crippen LogP contribution < -0.4 is 15.0 Å². The van der Waals surface area contributed by atoms with Gasteiger partial charge < -0.3 is 54.7 Å². The van der Waals surface area contributed by atoms with E-state index in [1.807, 2.05) is 4.90 Å². The van der Waals surface area contributed by atoms with E-state index >= 15 is 0 Å². The Morgan fingerprint density at radius 2 is 1.58 bits per heavy atom. The Morgan fingerprint density at radius 1 is 0.932 bits per heavy atom. The Balaban J connectivity index is 1.71. The number of phenolic OH excluding ortho intramolecular Hbond substituents is 3. The number of anilines is 2. The highest BCUT2D eigenvalue weighted by atomic mass is 16.7. The lowest BCUT2D eigenvalue weighted by molar-refractivity contribution is -0.160. The second-order valence-electron chi connectivity index (χ2n) is 17.1. The molecule has 0 aromatic heterocycles. The van der Waals surface area contributed by atoms with Gasteiger partial charge >= 0.3 is 11.8 Å². The average molecular weight is 823 g/mol. The van der Waals surface area contributed by atoms with Crippen molar-refractivity contribution < 1.29 is 58.9 Å². The third-order valence-corrected chi connectivity index (χ3v) is 12.8. The van der Waals surface area contributed by atoms with Crippen LogP contribution in [0.3, 0.4) is 0 Å². The first-order valence-electron chi connectivity index (χ1n) is 20.5. The topological polar surface area (TPSA) is 205 Å². The summed E-state index contributed by atoms with van der Waals surface area (Å²) in [5.74, 6) is -7.02. The van der Waals surface area contributed by atoms with Gasteiger partial charge in [-0.05, 0) is 44.6 Å². The van der Waals surface area contributed by atoms with Gasteiger partial charge in [0.1, 0.15) is 34.7 Å². The number of aliphatic hydroxyl groups is 2. The molecule has 0 saturated carbocycles. The van der Waals surface area contributed by atoms with Crippen molar-refractivity contribution in [2.75, 3.05) is 30.4 Å². The van der Waals surface area contributed by atoms with Gasteiger partial charge in [0.05, 0.1) is 35.5 Å². The van der Waals surface area contributed by atoms with Crippen LogP contribution >= 0.6 is 0 Å². The number of hydrogen-bond donors (Lipinski definition) is 6. The number of Topliss-reactive ketones (excluding diaryl/α,β-unsaturated/α-hetero) is 1. The minimum Gasteiger partial charge on any atom is -0.507 e. The molecule has 4 heterocycles. The lowest BCUT2D eigenvalue weighted by Gasteiger charge is -2.38. The van der Waals surface area contributed by atoms with Gasteiger partial charge in [0, 0.05) is 74.2 Å². The molecule has 59 heavy (non-hydrogen) atoms. The minimum atomic E-state index is -2.01. The number of nitrogens with zero attached hydrogens (tertiary/aromatic N) is 1. The van der Waals surface area contributed by atoms with Crippen LogP contribution in [0.4, 0.5) is 11.4 Å². The van der Waals surface area contributed by atoms with Gasteiger partial charge in [0.25, 0.3) is 11.7 Å². The third kappa shape index (κ3) is 8.62. The van der Waals surface area contributed by atoms with E-state index < -0.39 is 88.8 Å². The Bertz CT molecular complexity index is 2030. The lowest BCUT2D eigenvalue weighted by atomic mass is 9.78. The zero-order valence-electron chi connectivity index (χ0n) is 36.0. The fourth-order valence-electron chi connectivity index (χ4n) is 8.80. The number of carbonyl (C=O) groups is 3. The fourth-order valence-corrected chi connectivity index (χ4v) is 8.80. The second-order valence-corrected chi connectivity index (χ2v) is 17.1. The van der Waals surface area contributed by atoms with E-state index in [-0.39, 0.29) is 44.6 Å². The van der Waals surface area contributed by atoms with E-state index in [4.69, 9.17) is 18.9 Å². The highest BCUT2D eigenvalue weighted by Crippen LogP contribution is 2.58. The van der Waals surface area contributed by atoms with Crippen LogP contribution in [-0.2, 0) is 23.8 Å². The van der Waals surface area contributed by atoms with Crippen molar-refractivity contribution in [3.05, 3.63) is 47.3 Å². The van der Waals surface area contributed by atoms with Crippen molar-refractivity contribution in [2.24, 2.45) is 35.5 Å². The number of aliphatic hydroxyl groups excluding tert-OH is 2. The van der Waals surface area contributed by atoms with Crippen molar-refractivity contribution in [1.82, 2.24) is 0 Å². The summed E-state index contributed by atoms with van der Waals surface area (Å²) in [4.78, 5) is 42.6. The van der Waals surface area contributed by atoms with Gasteiger partial charge in [-0.25, -0.2) is 0 Å². The van der Waals surface area contributed by atoms with Gasteiger partial charge in [-0.15, -0.1) is 0 Å². The highest BCUT2D eigenvalue weighted by Gasteiger charge is 2.50. The molecule has 14 heteroatoms. The molecule has 1 fully saturated rings. The highest BCUT2D eigenvalue weighted by molar-refractivity contribution is 6.23. The maximum absolute atomic E-state index is 14.5. The smallest absolute Gasteiger partial charge is 0.312 e. The molecule has 5 bridgehead atoms. The number of aromatic hydroxyl groups is 3. The Morgan fingerprint density at radius 3 is 2.17 bits per heavy atom. The molecule has 0 unspecified atom stereocenters. The van der Waals surface area contributed by atoms with Crippen molar-refractivity contribution >= 4 is 39.8 Å². The summed E-state index contributed by atoms with van der Waals surface area (Å²) in [7, 11) is 1.45. The number of fused-ring (bicyclic) bond motifs is 14. The SMILES string of the molecule is CO[C@H]1C=CO[C@@]2(C)Oc3c(C)c(O)c4c(O)c(c(N5CCC(C(C)C)CC5)c(O)c4c3C2=O)NC(=O)/C(C)=C\C=C/[C@H](C)[C@H](O)[C@@H](C)[C@@H](O)[C@@H](C)[C@H](OC(C)=O)[C@@H]1C. The first kappa shape index (κ1) is 45.3. The molecule has 6 rings (SSSR count). The number of nitrogens with one attached hydrogen (secondary N) is 1. The first-order valence-corrected chi connectivity index (χ1v) is 20.5. The number of benzene rings is 2. The molecule has 2 aromatic rings. The standard InChI is InChI=1S/C45H62N2O12/c1-21(2)29-15-18-47(19-16-29)35-34-39(52)32-31(40(35)53)33-42(27(8)38(32)51)59-45(10,43(33)54)57-20-17-30(56-11)24(5)41(58-28(9)48)26(7)37(50)25(6)36(49)22(3)13-12-14-23(4)44(55)46-34/h12-14,17,20-22,24-26,29-30,36-37,41,49-53H,15-16,18-19H2,1-11H3,(H,46,55)/b13-12-,20-17?,23-14-/t22-,24+,25+,26+,30-,36-,37+,41+,45-/m0/s1. The zero-order valence-corrected chi connectivity index (χ0v) is 36.0. The summed E-state index contributed by atoms with van der Waals surface area (Å²) in [6.07, 6.45) is 5.30. The van der Waals surface area contributed by atoms with Crippen LogP contribution in [-0.4, -0.2) is 93.6 Å². The summed E-state index contributed by atoms with van der Waals surface area (Å²) in [6, 6.07) is 0. The summed E-state index contributed by atoms with van der Waals surface area (Å²) >= 11 is 0. The average Bonchev–Trinajstić information content (AvgIpc) is 3.46. The Hall–Kier alpha value is -4.79. The number of esters is 1. The molecule has 0 aliphatic carbocycles. The van der Waals surface area contributed by atoms with E-state index in [1.54, 1.807) is 46.8 Å². The number of methoxy groups -OCH3 is 1. The second kappa shape index (κ2) is 17.8. The van der Waals surface area contributed by atoms with Crippen molar-refractivity contribution in [2.45, 2.75) is 112 Å². The van der Waals surface area contributed by atoms with Gasteiger partial charge in [-0.2, -0.15) is 0 Å². The van der Waals surface area contributed by atoms with Crippen molar-refractivity contribution in [3.8, 4) is 23.0 Å². The first-order chi connectivity index (χ1) is 27.7. The van der Waals surface area contributed by atoms with Crippen molar-refractivity contribution in [3.63, 3.8) is 0 Å². The monoisotopic (exact) mass is 822 g/mol. The van der Waals surface area contributed by atoms with Gasteiger partial charge in [0.15, 0.2) is 5.75 Å². The maximum Gasteiger partial charge on any atom is 0.312 e. The van der Waals surface area contributed by atoms with Gasteiger partial charge in [-0.1, -0.05) is 59.8 Å². The van der Waals surface area contributed by atoms with E-state index in [0.29, 0.717) is 24.9 Å². The Labute approximate surface area is 346 Å². The summed E-state index contributed by atoms with van der Waals surface area (Å²) < 4.78 is 23.7. The Kier molecular flexibility index (Phi) is 13.7. The zero-order chi connectivity index (χ0) is 43.8. The summed E-state index contributed by atoms with van der Waals surface area (Å²) in [6.45, 7) is 17.9. The summed E-state index contributed by atoms with van der Waals surface area (Å²) in [5, 5.41) is 61.3. The predicted octanol–water partition coefficient (Wildman–Crippen LogP) is 6.63. The normalized spacial score (nSPS) is 31.5. The third-order valence-electron chi connectivity index (χ3n) is 12.8. The van der Waals surface area contributed by atoms with Crippen LogP contribution in [0.15, 0.2) is 36.1 Å². The molecule has 9 atom stereocenters. The molecule has 1 saturated heterocycles. The van der Waals surface area contributed by atoms with E-state index in [1.165, 1.54) is 46.3 Å². The molecule has 0 spiro atoms. The minimum absolute atomic E-state index is 0.0529. The van der Waals surface area contributed by atoms with E-state index in [9.17, 15) is 39.9 Å². The molecule has 1 amide bonds. The quantitative estimate of drug-likeness (QED) is 0.109. The van der Waals surface area contributed by atoms with Crippen LogP contribution in [0.2, 0.25) is 0 Å². The number of allylic oxidation sites excluding steroid dienone is 2. The van der Waals surface area contributed by atoms with E-state index in [0.717, 1.165) is 12.8 Å². The number of carbonyl (C=O) groups excluding carboxylic acids is 3. The fraction of sp³-hybridized carbons (Fsp3) is 0.578. The van der Waals surface area contributed by atoms with Gasteiger partial charge in [-0.3, -0.25) is 14.4 Å². The molecule has 2 aromatic carbocycles. The number of ketones is 1. The molecule has 4 aliphatic heterocycles. The molecule has 4 aliphatic rings. The molecule has 6 N–H and O–H groups in total. The van der Waals surface area contributed by atoms with Crippen molar-refractivity contribution in [1.29, 1.82) is 0 Å². The summed E-state index contributed by atoms with van der Waals surface area (Å²) in [5.41, 5.74) is 0.142. The lowest BCUT2D eigenvalue weighted by Crippen LogP contribution is -2.46. The number of ether oxygens (including phenoxy) is 4. The number of phenols is 3. The molecule has 0 radical (unpaired) electrons. The predicted molar refractivity (Wildman–Crippen MR) is 224 cm³/mol. The maximum atomic E-state index is 14.5. The van der Waals surface area contributed by atoms with Crippen LogP contribution in [0.25, 0.3) is 10.8 Å². The van der Waals surface area contributed by atoms with E-state index in [2.05, 4.69) is 19.2 Å². The van der Waals surface area contributed by atoms with Crippen LogP contribution in [0.1, 0.15) is 91.1 Å². The molecular formula is C45H62N2O12. The molecule has 14 nitrogen and oxygen atoms in total. The molecule has 324 valence electrons. The molecular weight excluding hydrogens is 760 g/mol. The van der Waals surface area contributed by atoms with Crippen LogP contribution in [0.5, 0.6) is 23.0 Å². The largest absolute Gasteiger partial charge is 0.507 e. The number of piperidine rings is 1. The number of hydrogen-bond acceptors (Lipinski definition) is 13. The van der Waals surface area contributed by atoms with Crippen LogP contribution in [0, 0.1) is 42.4 Å². The number of amides is 1. The van der Waals surface area contributed by atoms with Gasteiger partial charge in [0.2, 0.25) is 0 Å². The number of rotatable bonds is 4.